The van der Waals surface area contributed by atoms with Crippen molar-refractivity contribution in [2.24, 2.45) is 13.0 Å². The molecule has 2 N–H and O–H groups in total. The van der Waals surface area contributed by atoms with Gasteiger partial charge in [-0.2, -0.15) is 0 Å². The number of hydrogen-bond donors (Lipinski definition) is 2. The van der Waals surface area contributed by atoms with Crippen LogP contribution in [-0.4, -0.2) is 40.0 Å². The number of carbonyl (C=O) groups is 3. The highest BCUT2D eigenvalue weighted by molar-refractivity contribution is 9.10. The van der Waals surface area contributed by atoms with E-state index in [4.69, 9.17) is 4.74 Å². The molecule has 0 spiro atoms. The third-order valence-electron chi connectivity index (χ3n) is 4.82. The maximum atomic E-state index is 13.2. The topological polar surface area (TPSA) is 119 Å². The Morgan fingerprint density at radius 2 is 1.94 bits per heavy atom. The highest BCUT2D eigenvalue weighted by Gasteiger charge is 2.27. The van der Waals surface area contributed by atoms with E-state index in [0.29, 0.717) is 16.5 Å². The first-order valence-electron chi connectivity index (χ1n) is 10.6. The molecule has 2 aromatic rings. The first-order valence-corrected chi connectivity index (χ1v) is 11.4. The second-order valence-electron chi connectivity index (χ2n) is 8.00. The molecule has 0 unspecified atom stereocenters. The van der Waals surface area contributed by atoms with Gasteiger partial charge in [-0.1, -0.05) is 13.8 Å². The number of ether oxygens (including phenoxy) is 1. The van der Waals surface area contributed by atoms with Crippen LogP contribution in [0.2, 0.25) is 0 Å². The molecule has 178 valence electrons. The average molecular weight is 521 g/mol. The highest BCUT2D eigenvalue weighted by Crippen LogP contribution is 2.21. The Morgan fingerprint density at radius 1 is 1.21 bits per heavy atom. The quantitative estimate of drug-likeness (QED) is 0.464. The summed E-state index contributed by atoms with van der Waals surface area (Å²) in [5.74, 6) is -1.50. The molecule has 10 heteroatoms. The van der Waals surface area contributed by atoms with E-state index in [1.807, 2.05) is 13.8 Å². The molecule has 0 saturated carbocycles. The number of rotatable bonds is 10. The summed E-state index contributed by atoms with van der Waals surface area (Å²) in [5.41, 5.74) is 0.0947. The normalized spacial score (nSPS) is 12.7. The smallest absolute Gasteiger partial charge is 0.308 e. The zero-order valence-corrected chi connectivity index (χ0v) is 20.7. The summed E-state index contributed by atoms with van der Waals surface area (Å²) < 4.78 is 7.03. The third-order valence-corrected chi connectivity index (χ3v) is 5.25. The summed E-state index contributed by atoms with van der Waals surface area (Å²) in [6, 6.07) is 3.13. The SMILES string of the molecule is CCOC(=O)C[C@H](NC(=O)[C@H](CC(C)C)NC(=O)c1cccn(C)c1=O)c1cncc(Br)c1. The van der Waals surface area contributed by atoms with Crippen LogP contribution in [0.3, 0.4) is 0 Å². The Bertz CT molecular complexity index is 1050. The molecule has 2 heterocycles. The van der Waals surface area contributed by atoms with Crippen molar-refractivity contribution >= 4 is 33.7 Å². The number of nitrogens with one attached hydrogen (secondary N) is 2. The van der Waals surface area contributed by atoms with E-state index in [0.717, 1.165) is 0 Å². The number of esters is 1. The summed E-state index contributed by atoms with van der Waals surface area (Å²) in [6.07, 6.45) is 4.93. The molecule has 33 heavy (non-hydrogen) atoms. The van der Waals surface area contributed by atoms with Gasteiger partial charge in [0.1, 0.15) is 11.6 Å². The van der Waals surface area contributed by atoms with E-state index in [-0.39, 0.29) is 24.5 Å². The van der Waals surface area contributed by atoms with Gasteiger partial charge in [-0.3, -0.25) is 24.2 Å². The first kappa shape index (κ1) is 26.2. The van der Waals surface area contributed by atoms with Crippen LogP contribution in [0.25, 0.3) is 0 Å². The first-order chi connectivity index (χ1) is 15.6. The lowest BCUT2D eigenvalue weighted by Gasteiger charge is -2.24. The molecular weight excluding hydrogens is 492 g/mol. The molecule has 0 aromatic carbocycles. The minimum absolute atomic E-state index is 0.0548. The number of pyridine rings is 2. The van der Waals surface area contributed by atoms with Crippen LogP contribution in [0, 0.1) is 5.92 Å². The van der Waals surface area contributed by atoms with Crippen molar-refractivity contribution in [3.05, 3.63) is 62.7 Å². The van der Waals surface area contributed by atoms with Gasteiger partial charge in [-0.15, -0.1) is 0 Å². The molecule has 2 atom stereocenters. The molecule has 2 aromatic heterocycles. The van der Waals surface area contributed by atoms with E-state index < -0.39 is 35.4 Å². The second kappa shape index (κ2) is 12.3. The van der Waals surface area contributed by atoms with Gasteiger partial charge in [0.05, 0.1) is 19.1 Å². The van der Waals surface area contributed by atoms with Crippen molar-refractivity contribution in [3.63, 3.8) is 0 Å². The predicted octanol–water partition coefficient (Wildman–Crippen LogP) is 2.50. The van der Waals surface area contributed by atoms with Gasteiger partial charge in [-0.05, 0) is 59.0 Å². The van der Waals surface area contributed by atoms with E-state index in [9.17, 15) is 19.2 Å². The number of hydrogen-bond acceptors (Lipinski definition) is 6. The molecule has 0 bridgehead atoms. The van der Waals surface area contributed by atoms with Crippen LogP contribution < -0.4 is 16.2 Å². The van der Waals surface area contributed by atoms with Gasteiger partial charge in [0, 0.05) is 30.1 Å². The fourth-order valence-corrected chi connectivity index (χ4v) is 3.62. The van der Waals surface area contributed by atoms with Gasteiger partial charge in [0.25, 0.3) is 11.5 Å². The molecule has 0 fully saturated rings. The van der Waals surface area contributed by atoms with Crippen LogP contribution in [0.4, 0.5) is 0 Å². The van der Waals surface area contributed by atoms with Gasteiger partial charge >= 0.3 is 5.97 Å². The lowest BCUT2D eigenvalue weighted by Crippen LogP contribution is -2.49. The number of halogens is 1. The zero-order chi connectivity index (χ0) is 24.5. The van der Waals surface area contributed by atoms with Crippen LogP contribution in [0.1, 0.15) is 55.6 Å². The van der Waals surface area contributed by atoms with E-state index in [1.54, 1.807) is 44.7 Å². The summed E-state index contributed by atoms with van der Waals surface area (Å²) in [7, 11) is 1.55. The van der Waals surface area contributed by atoms with Crippen LogP contribution >= 0.6 is 15.9 Å². The molecule has 2 rings (SSSR count). The third kappa shape index (κ3) is 7.81. The van der Waals surface area contributed by atoms with Crippen molar-refractivity contribution in [1.82, 2.24) is 20.2 Å². The molecule has 0 saturated heterocycles. The number of amides is 2. The molecule has 9 nitrogen and oxygen atoms in total. The molecule has 0 aliphatic carbocycles. The molecule has 0 aliphatic rings. The van der Waals surface area contributed by atoms with Crippen molar-refractivity contribution in [2.45, 2.75) is 45.7 Å². The summed E-state index contributed by atoms with van der Waals surface area (Å²) in [6.45, 7) is 5.76. The zero-order valence-electron chi connectivity index (χ0n) is 19.1. The van der Waals surface area contributed by atoms with Crippen LogP contribution in [-0.2, 0) is 21.4 Å². The Morgan fingerprint density at radius 3 is 2.58 bits per heavy atom. The number of aromatic nitrogens is 2. The summed E-state index contributed by atoms with van der Waals surface area (Å²) in [5, 5.41) is 5.51. The van der Waals surface area contributed by atoms with Crippen molar-refractivity contribution < 1.29 is 19.1 Å². The minimum atomic E-state index is -0.910. The molecule has 0 radical (unpaired) electrons. The van der Waals surface area contributed by atoms with Gasteiger partial charge in [0.15, 0.2) is 0 Å². The Balaban J connectivity index is 2.27. The van der Waals surface area contributed by atoms with Crippen molar-refractivity contribution in [1.29, 1.82) is 0 Å². The maximum Gasteiger partial charge on any atom is 0.308 e. The van der Waals surface area contributed by atoms with Crippen LogP contribution in [0.5, 0.6) is 0 Å². The molecular formula is C23H29BrN4O5. The minimum Gasteiger partial charge on any atom is -0.466 e. The highest BCUT2D eigenvalue weighted by atomic mass is 79.9. The van der Waals surface area contributed by atoms with E-state index in [2.05, 4.69) is 31.5 Å². The second-order valence-corrected chi connectivity index (χ2v) is 8.92. The van der Waals surface area contributed by atoms with Gasteiger partial charge in [-0.25, -0.2) is 0 Å². The Kier molecular flexibility index (Phi) is 9.77. The van der Waals surface area contributed by atoms with E-state index >= 15 is 0 Å². The van der Waals surface area contributed by atoms with Crippen molar-refractivity contribution in [3.8, 4) is 0 Å². The van der Waals surface area contributed by atoms with E-state index in [1.165, 1.54) is 10.6 Å². The summed E-state index contributed by atoms with van der Waals surface area (Å²) in [4.78, 5) is 54.6. The average Bonchev–Trinajstić information content (AvgIpc) is 2.74. The van der Waals surface area contributed by atoms with Gasteiger partial charge in [0.2, 0.25) is 5.91 Å². The van der Waals surface area contributed by atoms with Crippen molar-refractivity contribution in [2.75, 3.05) is 6.61 Å². The standard InChI is InChI=1S/C23H29BrN4O5/c1-5-33-20(29)11-18(15-10-16(24)13-25-12-15)26-22(31)19(9-14(2)3)27-21(30)17-7-6-8-28(4)23(17)32/h6-8,10,12-14,18-19H,5,9,11H2,1-4H3,(H,26,31)(H,27,30)/t18-,19-/m0/s1. The summed E-state index contributed by atoms with van der Waals surface area (Å²) >= 11 is 3.35. The Hall–Kier alpha value is -3.01. The van der Waals surface area contributed by atoms with Gasteiger partial charge < -0.3 is 19.9 Å². The number of aryl methyl sites for hydroxylation is 1. The number of nitrogens with zero attached hydrogens (tertiary/aromatic N) is 2. The monoisotopic (exact) mass is 520 g/mol. The largest absolute Gasteiger partial charge is 0.466 e. The lowest BCUT2D eigenvalue weighted by molar-refractivity contribution is -0.143. The molecule has 0 aliphatic heterocycles. The maximum absolute atomic E-state index is 13.2. The fourth-order valence-electron chi connectivity index (χ4n) is 3.24. The lowest BCUT2D eigenvalue weighted by atomic mass is 10.0. The Labute approximate surface area is 201 Å². The predicted molar refractivity (Wildman–Crippen MR) is 126 cm³/mol. The van der Waals surface area contributed by atoms with Crippen LogP contribution in [0.15, 0.2) is 46.1 Å². The number of carbonyl (C=O) groups excluding carboxylic acids is 3. The molecule has 2 amide bonds. The fraction of sp³-hybridized carbons (Fsp3) is 0.435.